The van der Waals surface area contributed by atoms with E-state index < -0.39 is 12.6 Å². The van der Waals surface area contributed by atoms with Gasteiger partial charge >= 0.3 is 6.18 Å². The summed E-state index contributed by atoms with van der Waals surface area (Å²) < 4.78 is 36.4. The van der Waals surface area contributed by atoms with Gasteiger partial charge in [-0.15, -0.1) is 0 Å². The van der Waals surface area contributed by atoms with Gasteiger partial charge in [-0.1, -0.05) is 0 Å². The lowest BCUT2D eigenvalue weighted by Crippen LogP contribution is -2.40. The summed E-state index contributed by atoms with van der Waals surface area (Å²) in [5, 5.41) is 3.40. The van der Waals surface area contributed by atoms with E-state index in [4.69, 9.17) is 0 Å². The molecule has 1 heterocycles. The van der Waals surface area contributed by atoms with Crippen LogP contribution in [-0.2, 0) is 0 Å². The maximum atomic E-state index is 12.1. The van der Waals surface area contributed by atoms with Gasteiger partial charge in [-0.3, -0.25) is 4.90 Å². The Morgan fingerprint density at radius 2 is 1.94 bits per heavy atom. The first kappa shape index (κ1) is 12.2. The van der Waals surface area contributed by atoms with Crippen molar-refractivity contribution in [3.05, 3.63) is 0 Å². The number of nitrogens with one attached hydrogen (secondary N) is 1. The van der Waals surface area contributed by atoms with Gasteiger partial charge in [0.2, 0.25) is 0 Å². The first-order valence-electron chi connectivity index (χ1n) is 6.09. The van der Waals surface area contributed by atoms with E-state index in [2.05, 4.69) is 5.32 Å². The molecule has 0 amide bonds. The highest BCUT2D eigenvalue weighted by Crippen LogP contribution is 2.24. The highest BCUT2D eigenvalue weighted by molar-refractivity contribution is 4.86. The van der Waals surface area contributed by atoms with Gasteiger partial charge in [0.25, 0.3) is 0 Å². The van der Waals surface area contributed by atoms with Crippen molar-refractivity contribution in [3.8, 4) is 0 Å². The molecule has 1 N–H and O–H groups in total. The summed E-state index contributed by atoms with van der Waals surface area (Å²) in [6.07, 6.45) is -0.152. The van der Waals surface area contributed by atoms with Crippen LogP contribution in [0.25, 0.3) is 0 Å². The summed E-state index contributed by atoms with van der Waals surface area (Å²) in [4.78, 5) is 1.99. The smallest absolute Gasteiger partial charge is 0.312 e. The Hall–Kier alpha value is -0.290. The zero-order valence-electron chi connectivity index (χ0n) is 9.39. The molecule has 94 valence electrons. The Bertz CT molecular complexity index is 226. The van der Waals surface area contributed by atoms with Crippen LogP contribution in [0.5, 0.6) is 0 Å². The molecular weight excluding hydrogens is 217 g/mol. The minimum atomic E-state index is -4.02. The first-order valence-corrected chi connectivity index (χ1v) is 6.09. The molecule has 0 aromatic heterocycles. The summed E-state index contributed by atoms with van der Waals surface area (Å²) in [6.45, 7) is 1.86. The van der Waals surface area contributed by atoms with Crippen molar-refractivity contribution in [3.63, 3.8) is 0 Å². The van der Waals surface area contributed by atoms with Gasteiger partial charge in [0.15, 0.2) is 0 Å². The van der Waals surface area contributed by atoms with Crippen LogP contribution in [0.2, 0.25) is 0 Å². The molecule has 16 heavy (non-hydrogen) atoms. The lowest BCUT2D eigenvalue weighted by molar-refractivity contribution is -0.138. The van der Waals surface area contributed by atoms with Crippen LogP contribution in [0.3, 0.4) is 0 Å². The molecule has 2 nitrogen and oxygen atoms in total. The van der Waals surface area contributed by atoms with Gasteiger partial charge in [0.1, 0.15) is 0 Å². The lowest BCUT2D eigenvalue weighted by atomic mass is 10.2. The molecule has 0 aromatic rings. The van der Waals surface area contributed by atoms with Crippen LogP contribution >= 0.6 is 0 Å². The Kier molecular flexibility index (Phi) is 3.74. The Morgan fingerprint density at radius 1 is 1.19 bits per heavy atom. The van der Waals surface area contributed by atoms with Crippen molar-refractivity contribution < 1.29 is 13.2 Å². The van der Waals surface area contributed by atoms with Gasteiger partial charge in [0.05, 0.1) is 6.42 Å². The predicted octanol–water partition coefficient (Wildman–Crippen LogP) is 2.16. The van der Waals surface area contributed by atoms with E-state index >= 15 is 0 Å². The number of hydrogen-bond donors (Lipinski definition) is 1. The molecule has 1 atom stereocenters. The number of rotatable bonds is 5. The van der Waals surface area contributed by atoms with E-state index in [9.17, 15) is 13.2 Å². The number of likely N-dealkylation sites (tertiary alicyclic amines) is 1. The molecule has 1 aliphatic heterocycles. The Balaban J connectivity index is 1.69. The molecule has 5 heteroatoms. The SMILES string of the molecule is FC(F)(F)CCN1CCCC1CNC1CC1. The fraction of sp³-hybridized carbons (Fsp3) is 1.00. The number of hydrogen-bond acceptors (Lipinski definition) is 2. The highest BCUT2D eigenvalue weighted by atomic mass is 19.4. The zero-order valence-corrected chi connectivity index (χ0v) is 9.39. The topological polar surface area (TPSA) is 15.3 Å². The summed E-state index contributed by atoms with van der Waals surface area (Å²) in [5.41, 5.74) is 0. The average Bonchev–Trinajstić information content (AvgIpc) is 2.90. The van der Waals surface area contributed by atoms with E-state index in [1.54, 1.807) is 0 Å². The fourth-order valence-corrected chi connectivity index (χ4v) is 2.28. The standard InChI is InChI=1S/C11H19F3N2/c12-11(13,14)5-7-16-6-1-2-10(16)8-15-9-3-4-9/h9-10,15H,1-8H2. The molecule has 1 unspecified atom stereocenters. The molecule has 1 aliphatic carbocycles. The van der Waals surface area contributed by atoms with Gasteiger partial charge in [-0.25, -0.2) is 0 Å². The van der Waals surface area contributed by atoms with Crippen molar-refractivity contribution in [1.82, 2.24) is 10.2 Å². The monoisotopic (exact) mass is 236 g/mol. The molecule has 1 saturated heterocycles. The third kappa shape index (κ3) is 3.94. The molecule has 1 saturated carbocycles. The normalized spacial score (nSPS) is 27.6. The summed E-state index contributed by atoms with van der Waals surface area (Å²) >= 11 is 0. The van der Waals surface area contributed by atoms with Crippen LogP contribution in [0.4, 0.5) is 13.2 Å². The molecule has 0 bridgehead atoms. The van der Waals surface area contributed by atoms with E-state index in [0.29, 0.717) is 12.1 Å². The second kappa shape index (κ2) is 4.92. The average molecular weight is 236 g/mol. The molecule has 2 aliphatic rings. The van der Waals surface area contributed by atoms with Gasteiger partial charge in [-0.2, -0.15) is 13.2 Å². The van der Waals surface area contributed by atoms with Gasteiger partial charge in [-0.05, 0) is 32.2 Å². The Morgan fingerprint density at radius 3 is 2.56 bits per heavy atom. The minimum absolute atomic E-state index is 0.167. The van der Waals surface area contributed by atoms with Crippen molar-refractivity contribution in [2.75, 3.05) is 19.6 Å². The molecule has 0 aromatic carbocycles. The van der Waals surface area contributed by atoms with Crippen molar-refractivity contribution in [2.24, 2.45) is 0 Å². The van der Waals surface area contributed by atoms with E-state index in [1.807, 2.05) is 4.90 Å². The van der Waals surface area contributed by atoms with Crippen molar-refractivity contribution in [2.45, 2.75) is 50.4 Å². The second-order valence-electron chi connectivity index (χ2n) is 4.88. The van der Waals surface area contributed by atoms with Gasteiger partial charge < -0.3 is 5.32 Å². The van der Waals surface area contributed by atoms with E-state index in [-0.39, 0.29) is 6.54 Å². The lowest BCUT2D eigenvalue weighted by Gasteiger charge is -2.25. The van der Waals surface area contributed by atoms with Crippen molar-refractivity contribution >= 4 is 0 Å². The third-order valence-electron chi connectivity index (χ3n) is 3.40. The minimum Gasteiger partial charge on any atom is -0.312 e. The molecule has 2 rings (SSSR count). The largest absolute Gasteiger partial charge is 0.390 e. The maximum absolute atomic E-state index is 12.1. The van der Waals surface area contributed by atoms with Crippen molar-refractivity contribution in [1.29, 1.82) is 0 Å². The van der Waals surface area contributed by atoms with Crippen LogP contribution in [-0.4, -0.2) is 42.8 Å². The second-order valence-corrected chi connectivity index (χ2v) is 4.88. The maximum Gasteiger partial charge on any atom is 0.390 e. The first-order chi connectivity index (χ1) is 7.54. The summed E-state index contributed by atoms with van der Waals surface area (Å²) in [5.74, 6) is 0. The van der Waals surface area contributed by atoms with Crippen LogP contribution in [0.15, 0.2) is 0 Å². The highest BCUT2D eigenvalue weighted by Gasteiger charge is 2.32. The molecule has 0 radical (unpaired) electrons. The van der Waals surface area contributed by atoms with E-state index in [1.165, 1.54) is 12.8 Å². The Labute approximate surface area is 94.2 Å². The van der Waals surface area contributed by atoms with Gasteiger partial charge in [0, 0.05) is 25.2 Å². The zero-order chi connectivity index (χ0) is 11.6. The van der Waals surface area contributed by atoms with E-state index in [0.717, 1.165) is 25.9 Å². The third-order valence-corrected chi connectivity index (χ3v) is 3.40. The van der Waals surface area contributed by atoms with Crippen LogP contribution in [0, 0.1) is 0 Å². The number of halogens is 3. The molecular formula is C11H19F3N2. The summed E-state index contributed by atoms with van der Waals surface area (Å²) in [6, 6.07) is 0.966. The number of nitrogens with zero attached hydrogens (tertiary/aromatic N) is 1. The molecule has 2 fully saturated rings. The van der Waals surface area contributed by atoms with Crippen LogP contribution < -0.4 is 5.32 Å². The fourth-order valence-electron chi connectivity index (χ4n) is 2.28. The quantitative estimate of drug-likeness (QED) is 0.787. The predicted molar refractivity (Wildman–Crippen MR) is 56.3 cm³/mol. The summed E-state index contributed by atoms with van der Waals surface area (Å²) in [7, 11) is 0. The molecule has 0 spiro atoms. The number of alkyl halides is 3. The van der Waals surface area contributed by atoms with Crippen LogP contribution in [0.1, 0.15) is 32.1 Å².